The Morgan fingerprint density at radius 1 is 1.25 bits per heavy atom. The maximum absolute atomic E-state index is 11.1. The zero-order valence-corrected chi connectivity index (χ0v) is 8.88. The molecule has 0 amide bonds. The summed E-state index contributed by atoms with van der Waals surface area (Å²) >= 11 is 0. The van der Waals surface area contributed by atoms with Crippen molar-refractivity contribution in [3.63, 3.8) is 0 Å². The Labute approximate surface area is 93.5 Å². The van der Waals surface area contributed by atoms with Gasteiger partial charge in [-0.05, 0) is 18.6 Å². The van der Waals surface area contributed by atoms with E-state index in [9.17, 15) is 9.59 Å². The molecule has 4 nitrogen and oxygen atoms in total. The summed E-state index contributed by atoms with van der Waals surface area (Å²) in [7, 11) is 0. The molecule has 0 fully saturated rings. The van der Waals surface area contributed by atoms with Gasteiger partial charge in [0.2, 0.25) is 0 Å². The number of hydrogen-bond donors (Lipinski definition) is 0. The number of rotatable bonds is 3. The number of esters is 1. The highest BCUT2D eigenvalue weighted by atomic mass is 16.7. The fraction of sp³-hybridized carbons (Fsp3) is 0.167. The maximum Gasteiger partial charge on any atom is 0.516 e. The molecule has 0 radical (unpaired) electrons. The molecule has 0 spiro atoms. The maximum atomic E-state index is 11.1. The number of benzene rings is 1. The second-order valence-corrected chi connectivity index (χ2v) is 2.85. The van der Waals surface area contributed by atoms with Gasteiger partial charge in [-0.3, -0.25) is 0 Å². The lowest BCUT2D eigenvalue weighted by Crippen LogP contribution is -2.11. The van der Waals surface area contributed by atoms with Gasteiger partial charge in [-0.15, -0.1) is 0 Å². The largest absolute Gasteiger partial charge is 0.516 e. The molecule has 0 aliphatic heterocycles. The van der Waals surface area contributed by atoms with E-state index in [2.05, 4.69) is 9.47 Å². The second-order valence-electron chi connectivity index (χ2n) is 2.85. The van der Waals surface area contributed by atoms with Crippen LogP contribution < -0.4 is 0 Å². The minimum Gasteiger partial charge on any atom is -0.434 e. The van der Waals surface area contributed by atoms with Gasteiger partial charge in [-0.2, -0.15) is 0 Å². The van der Waals surface area contributed by atoms with E-state index in [0.29, 0.717) is 0 Å². The van der Waals surface area contributed by atoms with Crippen molar-refractivity contribution in [3.8, 4) is 0 Å². The minimum absolute atomic E-state index is 0.175. The molecule has 0 N–H and O–H groups in total. The first kappa shape index (κ1) is 12.0. The van der Waals surface area contributed by atoms with Crippen LogP contribution >= 0.6 is 0 Å². The molecule has 0 saturated carbocycles. The van der Waals surface area contributed by atoms with Gasteiger partial charge in [0.25, 0.3) is 0 Å². The van der Waals surface area contributed by atoms with E-state index in [4.69, 9.17) is 0 Å². The highest BCUT2D eigenvalue weighted by Crippen LogP contribution is 2.01. The van der Waals surface area contributed by atoms with Crippen molar-refractivity contribution in [1.29, 1.82) is 0 Å². The van der Waals surface area contributed by atoms with Gasteiger partial charge in [0.1, 0.15) is 0 Å². The van der Waals surface area contributed by atoms with Crippen LogP contribution in [0.5, 0.6) is 0 Å². The average Bonchev–Trinajstić information content (AvgIpc) is 2.28. The lowest BCUT2D eigenvalue weighted by molar-refractivity contribution is -0.134. The molecule has 0 atom stereocenters. The van der Waals surface area contributed by atoms with Crippen LogP contribution in [0, 0.1) is 0 Å². The Balaban J connectivity index is 2.46. The summed E-state index contributed by atoms with van der Waals surface area (Å²) in [6, 6.07) is 9.21. The molecule has 0 heterocycles. The first-order valence-electron chi connectivity index (χ1n) is 4.84. The lowest BCUT2D eigenvalue weighted by Gasteiger charge is -1.98. The molecular formula is C12H12O4. The van der Waals surface area contributed by atoms with Gasteiger partial charge in [0.05, 0.1) is 6.61 Å². The monoisotopic (exact) mass is 220 g/mol. The molecule has 1 aromatic rings. The molecule has 84 valence electrons. The summed E-state index contributed by atoms with van der Waals surface area (Å²) in [5.74, 6) is -0.748. The molecule has 0 aliphatic carbocycles. The predicted octanol–water partition coefficient (Wildman–Crippen LogP) is 2.40. The van der Waals surface area contributed by atoms with Crippen LogP contribution in [0.3, 0.4) is 0 Å². The van der Waals surface area contributed by atoms with E-state index in [-0.39, 0.29) is 6.61 Å². The number of hydrogen-bond acceptors (Lipinski definition) is 4. The van der Waals surface area contributed by atoms with E-state index < -0.39 is 12.1 Å². The Bertz CT molecular complexity index is 381. The molecule has 1 rings (SSSR count). The molecule has 4 heteroatoms. The molecule has 16 heavy (non-hydrogen) atoms. The summed E-state index contributed by atoms with van der Waals surface area (Å²) < 4.78 is 8.77. The van der Waals surface area contributed by atoms with Crippen LogP contribution in [0.2, 0.25) is 0 Å². The van der Waals surface area contributed by atoms with Crippen molar-refractivity contribution in [2.45, 2.75) is 6.92 Å². The topological polar surface area (TPSA) is 52.6 Å². The van der Waals surface area contributed by atoms with E-state index in [1.165, 1.54) is 6.08 Å². The second kappa shape index (κ2) is 6.40. The lowest BCUT2D eigenvalue weighted by atomic mass is 10.2. The number of carbonyl (C=O) groups is 2. The normalized spacial score (nSPS) is 10.1. The summed E-state index contributed by atoms with van der Waals surface area (Å²) in [6.07, 6.45) is 1.75. The van der Waals surface area contributed by atoms with Crippen LogP contribution in [0.25, 0.3) is 6.08 Å². The summed E-state index contributed by atoms with van der Waals surface area (Å²) in [5, 5.41) is 0. The zero-order valence-electron chi connectivity index (χ0n) is 8.88. The summed E-state index contributed by atoms with van der Waals surface area (Å²) in [4.78, 5) is 21.9. The van der Waals surface area contributed by atoms with Crippen LogP contribution in [-0.4, -0.2) is 18.7 Å². The van der Waals surface area contributed by atoms with Crippen LogP contribution in [-0.2, 0) is 14.3 Å². The highest BCUT2D eigenvalue weighted by molar-refractivity contribution is 5.93. The third-order valence-electron chi connectivity index (χ3n) is 1.66. The number of carbonyl (C=O) groups excluding carboxylic acids is 2. The fourth-order valence-electron chi connectivity index (χ4n) is 0.992. The van der Waals surface area contributed by atoms with Crippen molar-refractivity contribution in [3.05, 3.63) is 42.0 Å². The predicted molar refractivity (Wildman–Crippen MR) is 58.6 cm³/mol. The van der Waals surface area contributed by atoms with E-state index in [1.807, 2.05) is 30.3 Å². The third kappa shape index (κ3) is 4.41. The molecule has 1 aromatic carbocycles. The third-order valence-corrected chi connectivity index (χ3v) is 1.66. The van der Waals surface area contributed by atoms with Gasteiger partial charge in [0, 0.05) is 6.08 Å². The average molecular weight is 220 g/mol. The number of ether oxygens (including phenoxy) is 2. The van der Waals surface area contributed by atoms with Crippen molar-refractivity contribution >= 4 is 18.2 Å². The molecule has 0 bridgehead atoms. The standard InChI is InChI=1S/C12H12O4/c1-2-15-12(14)16-11(13)9-8-10-6-4-3-5-7-10/h3-9H,2H2,1H3. The van der Waals surface area contributed by atoms with Gasteiger partial charge >= 0.3 is 12.1 Å². The van der Waals surface area contributed by atoms with E-state index >= 15 is 0 Å². The van der Waals surface area contributed by atoms with Crippen LogP contribution in [0.15, 0.2) is 36.4 Å². The summed E-state index contributed by atoms with van der Waals surface area (Å²) in [6.45, 7) is 1.81. The SMILES string of the molecule is CCOC(=O)OC(=O)C=Cc1ccccc1. The molecule has 0 aromatic heterocycles. The van der Waals surface area contributed by atoms with Gasteiger partial charge in [-0.1, -0.05) is 30.3 Å². The van der Waals surface area contributed by atoms with Crippen molar-refractivity contribution in [2.75, 3.05) is 6.61 Å². The smallest absolute Gasteiger partial charge is 0.434 e. The highest BCUT2D eigenvalue weighted by Gasteiger charge is 2.06. The van der Waals surface area contributed by atoms with Gasteiger partial charge in [-0.25, -0.2) is 9.59 Å². The quantitative estimate of drug-likeness (QED) is 0.446. The first-order valence-corrected chi connectivity index (χ1v) is 4.84. The Morgan fingerprint density at radius 3 is 2.56 bits per heavy atom. The molecule has 0 unspecified atom stereocenters. The van der Waals surface area contributed by atoms with Crippen LogP contribution in [0.4, 0.5) is 4.79 Å². The van der Waals surface area contributed by atoms with E-state index in [1.54, 1.807) is 13.0 Å². The Morgan fingerprint density at radius 2 is 1.94 bits per heavy atom. The fourth-order valence-corrected chi connectivity index (χ4v) is 0.992. The Hall–Kier alpha value is -2.10. The molecule has 0 aliphatic rings. The summed E-state index contributed by atoms with van der Waals surface area (Å²) in [5.41, 5.74) is 0.850. The van der Waals surface area contributed by atoms with Crippen LogP contribution in [0.1, 0.15) is 12.5 Å². The van der Waals surface area contributed by atoms with Crippen molar-refractivity contribution in [2.24, 2.45) is 0 Å². The van der Waals surface area contributed by atoms with E-state index in [0.717, 1.165) is 5.56 Å². The van der Waals surface area contributed by atoms with Crippen molar-refractivity contribution in [1.82, 2.24) is 0 Å². The van der Waals surface area contributed by atoms with Gasteiger partial charge < -0.3 is 9.47 Å². The Kier molecular flexibility index (Phi) is 4.79. The molecular weight excluding hydrogens is 208 g/mol. The first-order chi connectivity index (χ1) is 7.72. The molecule has 0 saturated heterocycles. The van der Waals surface area contributed by atoms with Crippen molar-refractivity contribution < 1.29 is 19.1 Å². The van der Waals surface area contributed by atoms with Gasteiger partial charge in [0.15, 0.2) is 0 Å². The zero-order chi connectivity index (χ0) is 11.8. The minimum atomic E-state index is -0.981.